The molecule has 3 heterocycles. The van der Waals surface area contributed by atoms with Crippen molar-refractivity contribution in [3.63, 3.8) is 0 Å². The lowest BCUT2D eigenvalue weighted by molar-refractivity contribution is -0.142. The number of fused-ring (bicyclic) bond motifs is 1. The van der Waals surface area contributed by atoms with Crippen LogP contribution in [0.4, 0.5) is 5.82 Å². The molecule has 4 rings (SSSR count). The average Bonchev–Trinajstić information content (AvgIpc) is 3.25. The van der Waals surface area contributed by atoms with Crippen LogP contribution in [0.3, 0.4) is 0 Å². The molecule has 3 aromatic rings. The zero-order valence-corrected chi connectivity index (χ0v) is 18.4. The number of ether oxygens (including phenoxy) is 1. The molecule has 4 atom stereocenters. The molecule has 11 heteroatoms. The Morgan fingerprint density at radius 3 is 2.90 bits per heavy atom. The third-order valence-electron chi connectivity index (χ3n) is 5.14. The number of anilines is 1. The van der Waals surface area contributed by atoms with Crippen molar-refractivity contribution in [2.45, 2.75) is 37.5 Å². The molecule has 1 amide bonds. The van der Waals surface area contributed by atoms with Crippen molar-refractivity contribution in [3.8, 4) is 0 Å². The second-order valence-electron chi connectivity index (χ2n) is 7.22. The van der Waals surface area contributed by atoms with E-state index < -0.39 is 29.9 Å². The number of hydrogen-bond acceptors (Lipinski definition) is 8. The molecule has 30 heavy (non-hydrogen) atoms. The van der Waals surface area contributed by atoms with Gasteiger partial charge in [-0.15, -0.1) is 0 Å². The first kappa shape index (κ1) is 20.9. The number of benzene rings is 1. The highest BCUT2D eigenvalue weighted by Gasteiger charge is 2.56. The maximum atomic E-state index is 12.1. The van der Waals surface area contributed by atoms with Gasteiger partial charge >= 0.3 is 0 Å². The van der Waals surface area contributed by atoms with Gasteiger partial charge in [-0.2, -0.15) is 0 Å². The van der Waals surface area contributed by atoms with E-state index in [0.717, 1.165) is 9.13 Å². The van der Waals surface area contributed by atoms with E-state index in [-0.39, 0.29) is 0 Å². The standard InChI is InChI=1S/C19H21IN6O4/c1-19(29)13(27)18(30-14(19)17(28)21-2)26-9-25-12-15(23-8-24-16(12)26)22-7-10-4-3-5-11(20)6-10/h3-6,8-9,13-14,18,27,29H,7H2,1-2H3,(H,21,28)(H,22,23,24)/t13-,14+,18+,19-/m0/s1. The summed E-state index contributed by atoms with van der Waals surface area (Å²) < 4.78 is 8.33. The zero-order chi connectivity index (χ0) is 21.5. The van der Waals surface area contributed by atoms with Gasteiger partial charge in [-0.3, -0.25) is 9.36 Å². The molecule has 10 nitrogen and oxygen atoms in total. The highest BCUT2D eigenvalue weighted by Crippen LogP contribution is 2.38. The normalized spacial score (nSPS) is 26.1. The predicted octanol–water partition coefficient (Wildman–Crippen LogP) is 0.798. The topological polar surface area (TPSA) is 134 Å². The minimum atomic E-state index is -1.78. The molecule has 1 fully saturated rings. The van der Waals surface area contributed by atoms with Crippen molar-refractivity contribution in [1.82, 2.24) is 24.8 Å². The molecule has 0 spiro atoms. The van der Waals surface area contributed by atoms with Crippen molar-refractivity contribution in [2.24, 2.45) is 0 Å². The Hall–Kier alpha value is -2.35. The second-order valence-corrected chi connectivity index (χ2v) is 8.47. The molecule has 4 N–H and O–H groups in total. The lowest BCUT2D eigenvalue weighted by atomic mass is 9.94. The maximum Gasteiger partial charge on any atom is 0.252 e. The monoisotopic (exact) mass is 524 g/mol. The van der Waals surface area contributed by atoms with Gasteiger partial charge in [0.25, 0.3) is 5.91 Å². The van der Waals surface area contributed by atoms with Gasteiger partial charge in [0.2, 0.25) is 0 Å². The van der Waals surface area contributed by atoms with Gasteiger partial charge in [0.15, 0.2) is 29.3 Å². The molecule has 0 bridgehead atoms. The molecule has 0 radical (unpaired) electrons. The summed E-state index contributed by atoms with van der Waals surface area (Å²) in [5.74, 6) is 0.000144. The Bertz CT molecular complexity index is 1090. The van der Waals surface area contributed by atoms with Crippen molar-refractivity contribution in [3.05, 3.63) is 46.1 Å². The Labute approximate surface area is 185 Å². The van der Waals surface area contributed by atoms with Crippen LogP contribution >= 0.6 is 22.6 Å². The molecule has 2 aromatic heterocycles. The van der Waals surface area contributed by atoms with Crippen LogP contribution in [-0.2, 0) is 16.1 Å². The third-order valence-corrected chi connectivity index (χ3v) is 5.81. The van der Waals surface area contributed by atoms with E-state index in [0.29, 0.717) is 23.5 Å². The molecule has 158 valence electrons. The summed E-state index contributed by atoms with van der Waals surface area (Å²) in [6, 6.07) is 8.07. The SMILES string of the molecule is CNC(=O)[C@H]1O[C@@H](n2cnc3c(NCc4cccc(I)c4)ncnc32)[C@H](O)[C@]1(C)O. The highest BCUT2D eigenvalue weighted by molar-refractivity contribution is 14.1. The summed E-state index contributed by atoms with van der Waals surface area (Å²) in [5, 5.41) is 27.0. The summed E-state index contributed by atoms with van der Waals surface area (Å²) >= 11 is 2.26. The van der Waals surface area contributed by atoms with E-state index in [9.17, 15) is 15.0 Å². The van der Waals surface area contributed by atoms with E-state index in [1.54, 1.807) is 0 Å². The number of carbonyl (C=O) groups excluding carboxylic acids is 1. The quantitative estimate of drug-likeness (QED) is 0.361. The lowest BCUT2D eigenvalue weighted by Gasteiger charge is -2.25. The molecular formula is C19H21IN6O4. The smallest absolute Gasteiger partial charge is 0.252 e. The van der Waals surface area contributed by atoms with Gasteiger partial charge in [-0.05, 0) is 47.2 Å². The molecule has 1 saturated heterocycles. The van der Waals surface area contributed by atoms with Gasteiger partial charge in [-0.1, -0.05) is 12.1 Å². The molecule has 0 aliphatic carbocycles. The number of rotatable bonds is 5. The van der Waals surface area contributed by atoms with Crippen LogP contribution in [0, 0.1) is 3.57 Å². The van der Waals surface area contributed by atoms with Crippen LogP contribution in [0.1, 0.15) is 18.7 Å². The number of amides is 1. The zero-order valence-electron chi connectivity index (χ0n) is 16.3. The first-order chi connectivity index (χ1) is 14.3. The number of nitrogens with zero attached hydrogens (tertiary/aromatic N) is 4. The largest absolute Gasteiger partial charge is 0.385 e. The summed E-state index contributed by atoms with van der Waals surface area (Å²) in [7, 11) is 1.44. The van der Waals surface area contributed by atoms with Crippen LogP contribution in [0.15, 0.2) is 36.9 Å². The van der Waals surface area contributed by atoms with Gasteiger partial charge in [0.1, 0.15) is 18.0 Å². The van der Waals surface area contributed by atoms with Gasteiger partial charge in [-0.25, -0.2) is 15.0 Å². The predicted molar refractivity (Wildman–Crippen MR) is 116 cm³/mol. The number of halogens is 1. The maximum absolute atomic E-state index is 12.1. The number of nitrogens with one attached hydrogen (secondary N) is 2. The molecule has 1 aliphatic rings. The molecule has 0 unspecified atom stereocenters. The van der Waals surface area contributed by atoms with Gasteiger partial charge < -0.3 is 25.6 Å². The summed E-state index contributed by atoms with van der Waals surface area (Å²) in [6.45, 7) is 1.91. The Kier molecular flexibility index (Phi) is 5.61. The number of carbonyl (C=O) groups is 1. The molecule has 1 aromatic carbocycles. The van der Waals surface area contributed by atoms with Crippen LogP contribution in [0.25, 0.3) is 11.2 Å². The van der Waals surface area contributed by atoms with Crippen LogP contribution in [-0.4, -0.2) is 60.5 Å². The van der Waals surface area contributed by atoms with E-state index in [1.807, 2.05) is 18.2 Å². The highest BCUT2D eigenvalue weighted by atomic mass is 127. The molecule has 1 aliphatic heterocycles. The minimum absolute atomic E-state index is 0.410. The number of aliphatic hydroxyl groups excluding tert-OH is 1. The minimum Gasteiger partial charge on any atom is -0.385 e. The Balaban J connectivity index is 1.62. The van der Waals surface area contributed by atoms with Crippen molar-refractivity contribution in [1.29, 1.82) is 0 Å². The fourth-order valence-corrected chi connectivity index (χ4v) is 4.08. The summed E-state index contributed by atoms with van der Waals surface area (Å²) in [6.07, 6.45) is -0.805. The summed E-state index contributed by atoms with van der Waals surface area (Å²) in [4.78, 5) is 25.0. The average molecular weight is 524 g/mol. The number of aliphatic hydroxyl groups is 2. The first-order valence-corrected chi connectivity index (χ1v) is 10.3. The van der Waals surface area contributed by atoms with Crippen molar-refractivity contribution in [2.75, 3.05) is 12.4 Å². The first-order valence-electron chi connectivity index (χ1n) is 9.26. The fraction of sp³-hybridized carbons (Fsp3) is 0.368. The van der Waals surface area contributed by atoms with Gasteiger partial charge in [0, 0.05) is 17.2 Å². The Morgan fingerprint density at radius 2 is 2.17 bits per heavy atom. The number of imidazole rings is 1. The van der Waals surface area contributed by atoms with E-state index in [2.05, 4.69) is 54.2 Å². The molecular weight excluding hydrogens is 503 g/mol. The Morgan fingerprint density at radius 1 is 1.37 bits per heavy atom. The van der Waals surface area contributed by atoms with Crippen molar-refractivity contribution >= 4 is 45.5 Å². The fourth-order valence-electron chi connectivity index (χ4n) is 3.47. The lowest BCUT2D eigenvalue weighted by Crippen LogP contribution is -2.51. The van der Waals surface area contributed by atoms with E-state index in [1.165, 1.54) is 31.2 Å². The number of aromatic nitrogens is 4. The van der Waals surface area contributed by atoms with Crippen molar-refractivity contribution < 1.29 is 19.7 Å². The number of hydrogen-bond donors (Lipinski definition) is 4. The second kappa shape index (κ2) is 8.06. The van der Waals surface area contributed by atoms with Crippen LogP contribution in [0.2, 0.25) is 0 Å². The van der Waals surface area contributed by atoms with E-state index >= 15 is 0 Å². The number of likely N-dealkylation sites (N-methyl/N-ethyl adjacent to an activating group) is 1. The molecule has 0 saturated carbocycles. The van der Waals surface area contributed by atoms with E-state index in [4.69, 9.17) is 4.74 Å². The van der Waals surface area contributed by atoms with Crippen LogP contribution in [0.5, 0.6) is 0 Å². The third kappa shape index (κ3) is 3.62. The van der Waals surface area contributed by atoms with Crippen LogP contribution < -0.4 is 10.6 Å². The van der Waals surface area contributed by atoms with Gasteiger partial charge in [0.05, 0.1) is 6.33 Å². The summed E-state index contributed by atoms with van der Waals surface area (Å²) in [5.41, 5.74) is 0.210.